The minimum absolute atomic E-state index is 0.0125. The van der Waals surface area contributed by atoms with Crippen LogP contribution < -0.4 is 4.74 Å². The van der Waals surface area contributed by atoms with Crippen LogP contribution >= 0.6 is 11.6 Å². The molecule has 0 bridgehead atoms. The highest BCUT2D eigenvalue weighted by Crippen LogP contribution is 2.21. The summed E-state index contributed by atoms with van der Waals surface area (Å²) in [6.07, 6.45) is 0. The van der Waals surface area contributed by atoms with Crippen molar-refractivity contribution in [3.63, 3.8) is 0 Å². The number of carbonyl (C=O) groups excluding carboxylic acids is 1. The van der Waals surface area contributed by atoms with Crippen LogP contribution in [0.4, 0.5) is 8.78 Å². The number of ether oxygens (including phenoxy) is 1. The standard InChI is InChI=1S/C15H11ClF2O2/c1-9-2-3-11(8-13(9)16)14(19)10-4-6-12(7-5-10)20-15(17)18/h2-8,15H,1H3. The quantitative estimate of drug-likeness (QED) is 0.778. The molecule has 0 aliphatic carbocycles. The summed E-state index contributed by atoms with van der Waals surface area (Å²) in [7, 11) is 0. The van der Waals surface area contributed by atoms with E-state index >= 15 is 0 Å². The Balaban J connectivity index is 2.22. The Hall–Kier alpha value is -1.94. The van der Waals surface area contributed by atoms with Gasteiger partial charge in [-0.3, -0.25) is 4.79 Å². The molecule has 2 aromatic rings. The van der Waals surface area contributed by atoms with Gasteiger partial charge in [0.25, 0.3) is 0 Å². The van der Waals surface area contributed by atoms with Crippen molar-refractivity contribution in [1.82, 2.24) is 0 Å². The molecule has 0 fully saturated rings. The van der Waals surface area contributed by atoms with Gasteiger partial charge in [0.15, 0.2) is 5.78 Å². The minimum Gasteiger partial charge on any atom is -0.435 e. The zero-order valence-electron chi connectivity index (χ0n) is 10.6. The van der Waals surface area contributed by atoms with Crippen molar-refractivity contribution in [1.29, 1.82) is 0 Å². The number of hydrogen-bond donors (Lipinski definition) is 0. The maximum Gasteiger partial charge on any atom is 0.387 e. The highest BCUT2D eigenvalue weighted by Gasteiger charge is 2.11. The van der Waals surface area contributed by atoms with E-state index in [0.717, 1.165) is 5.56 Å². The smallest absolute Gasteiger partial charge is 0.387 e. The lowest BCUT2D eigenvalue weighted by atomic mass is 10.0. The first-order valence-corrected chi connectivity index (χ1v) is 6.21. The third-order valence-electron chi connectivity index (χ3n) is 2.78. The second kappa shape index (κ2) is 6.01. The maximum absolute atomic E-state index is 12.2. The number of alkyl halides is 2. The number of benzene rings is 2. The lowest BCUT2D eigenvalue weighted by molar-refractivity contribution is -0.0498. The lowest BCUT2D eigenvalue weighted by Crippen LogP contribution is -2.04. The zero-order valence-corrected chi connectivity index (χ0v) is 11.3. The molecule has 0 heterocycles. The highest BCUT2D eigenvalue weighted by atomic mass is 35.5. The first-order chi connectivity index (χ1) is 9.47. The Labute approximate surface area is 119 Å². The number of halogens is 3. The second-order valence-electron chi connectivity index (χ2n) is 4.20. The normalized spacial score (nSPS) is 10.7. The van der Waals surface area contributed by atoms with E-state index in [2.05, 4.69) is 4.74 Å². The third-order valence-corrected chi connectivity index (χ3v) is 3.18. The van der Waals surface area contributed by atoms with Crippen LogP contribution in [0.2, 0.25) is 5.02 Å². The molecule has 0 N–H and O–H groups in total. The Morgan fingerprint density at radius 1 is 1.10 bits per heavy atom. The lowest BCUT2D eigenvalue weighted by Gasteiger charge is -2.06. The summed E-state index contributed by atoms with van der Waals surface area (Å²) in [5, 5.41) is 0.508. The number of hydrogen-bond acceptors (Lipinski definition) is 2. The van der Waals surface area contributed by atoms with Crippen LogP contribution in [-0.2, 0) is 0 Å². The summed E-state index contributed by atoms with van der Waals surface area (Å²) in [5.74, 6) is -0.214. The summed E-state index contributed by atoms with van der Waals surface area (Å²) >= 11 is 5.97. The second-order valence-corrected chi connectivity index (χ2v) is 4.60. The number of ketones is 1. The van der Waals surface area contributed by atoms with E-state index < -0.39 is 6.61 Å². The van der Waals surface area contributed by atoms with Crippen LogP contribution in [0.1, 0.15) is 21.5 Å². The fourth-order valence-corrected chi connectivity index (χ4v) is 1.87. The van der Waals surface area contributed by atoms with E-state index in [0.29, 0.717) is 16.1 Å². The van der Waals surface area contributed by atoms with Crippen molar-refractivity contribution in [2.45, 2.75) is 13.5 Å². The van der Waals surface area contributed by atoms with E-state index in [1.807, 2.05) is 6.92 Å². The number of aryl methyl sites for hydroxylation is 1. The average molecular weight is 297 g/mol. The predicted octanol–water partition coefficient (Wildman–Crippen LogP) is 4.48. The van der Waals surface area contributed by atoms with Gasteiger partial charge in [-0.2, -0.15) is 8.78 Å². The van der Waals surface area contributed by atoms with Crippen molar-refractivity contribution in [2.24, 2.45) is 0 Å². The van der Waals surface area contributed by atoms with E-state index in [4.69, 9.17) is 11.6 Å². The Bertz CT molecular complexity index is 624. The van der Waals surface area contributed by atoms with Crippen molar-refractivity contribution >= 4 is 17.4 Å². The van der Waals surface area contributed by atoms with Crippen LogP contribution in [-0.4, -0.2) is 12.4 Å². The number of rotatable bonds is 4. The molecule has 0 aliphatic rings. The summed E-state index contributed by atoms with van der Waals surface area (Å²) in [4.78, 5) is 12.2. The van der Waals surface area contributed by atoms with Crippen molar-refractivity contribution in [3.8, 4) is 5.75 Å². The Kier molecular flexibility index (Phi) is 4.35. The summed E-state index contributed by atoms with van der Waals surface area (Å²) < 4.78 is 28.3. The van der Waals surface area contributed by atoms with Gasteiger partial charge in [0.1, 0.15) is 5.75 Å². The summed E-state index contributed by atoms with van der Waals surface area (Å²) in [5.41, 5.74) is 1.71. The van der Waals surface area contributed by atoms with Crippen LogP contribution in [0.25, 0.3) is 0 Å². The van der Waals surface area contributed by atoms with Gasteiger partial charge in [0, 0.05) is 16.1 Å². The molecule has 0 saturated heterocycles. The van der Waals surface area contributed by atoms with E-state index in [9.17, 15) is 13.6 Å². The summed E-state index contributed by atoms with van der Waals surface area (Å²) in [6, 6.07) is 10.5. The predicted molar refractivity (Wildman–Crippen MR) is 72.7 cm³/mol. The van der Waals surface area contributed by atoms with Crippen molar-refractivity contribution < 1.29 is 18.3 Å². The molecular formula is C15H11ClF2O2. The Morgan fingerprint density at radius 3 is 2.25 bits per heavy atom. The molecule has 0 spiro atoms. The molecule has 0 amide bonds. The zero-order chi connectivity index (χ0) is 14.7. The fourth-order valence-electron chi connectivity index (χ4n) is 1.69. The number of carbonyl (C=O) groups is 1. The van der Waals surface area contributed by atoms with Gasteiger partial charge in [0.2, 0.25) is 0 Å². The van der Waals surface area contributed by atoms with Crippen LogP contribution in [0.3, 0.4) is 0 Å². The van der Waals surface area contributed by atoms with Gasteiger partial charge in [-0.15, -0.1) is 0 Å². The molecule has 0 unspecified atom stereocenters. The largest absolute Gasteiger partial charge is 0.435 e. The molecular weight excluding hydrogens is 286 g/mol. The molecule has 2 nitrogen and oxygen atoms in total. The van der Waals surface area contributed by atoms with Gasteiger partial charge in [-0.1, -0.05) is 23.7 Å². The van der Waals surface area contributed by atoms with Gasteiger partial charge in [0.05, 0.1) is 0 Å². The van der Waals surface area contributed by atoms with Gasteiger partial charge in [-0.25, -0.2) is 0 Å². The molecule has 2 aromatic carbocycles. The maximum atomic E-state index is 12.2. The molecule has 5 heteroatoms. The van der Waals surface area contributed by atoms with Crippen molar-refractivity contribution in [2.75, 3.05) is 0 Å². The van der Waals surface area contributed by atoms with Crippen LogP contribution in [0, 0.1) is 6.92 Å². The Morgan fingerprint density at radius 2 is 1.70 bits per heavy atom. The van der Waals surface area contributed by atoms with E-state index in [1.54, 1.807) is 18.2 Å². The van der Waals surface area contributed by atoms with Gasteiger partial charge < -0.3 is 4.74 Å². The SMILES string of the molecule is Cc1ccc(C(=O)c2ccc(OC(F)F)cc2)cc1Cl. The molecule has 104 valence electrons. The first-order valence-electron chi connectivity index (χ1n) is 5.83. The van der Waals surface area contributed by atoms with E-state index in [-0.39, 0.29) is 11.5 Å². The molecule has 2 rings (SSSR count). The van der Waals surface area contributed by atoms with E-state index in [1.165, 1.54) is 24.3 Å². The van der Waals surface area contributed by atoms with Gasteiger partial charge >= 0.3 is 6.61 Å². The molecule has 0 atom stereocenters. The minimum atomic E-state index is -2.88. The van der Waals surface area contributed by atoms with Crippen LogP contribution in [0.15, 0.2) is 42.5 Å². The monoisotopic (exact) mass is 296 g/mol. The molecule has 0 aromatic heterocycles. The topological polar surface area (TPSA) is 26.3 Å². The molecule has 20 heavy (non-hydrogen) atoms. The molecule has 0 aliphatic heterocycles. The average Bonchev–Trinajstić information content (AvgIpc) is 2.41. The first kappa shape index (κ1) is 14.5. The highest BCUT2D eigenvalue weighted by molar-refractivity contribution is 6.31. The molecule has 0 saturated carbocycles. The van der Waals surface area contributed by atoms with Crippen LogP contribution in [0.5, 0.6) is 5.75 Å². The summed E-state index contributed by atoms with van der Waals surface area (Å²) in [6.45, 7) is -1.04. The fraction of sp³-hybridized carbons (Fsp3) is 0.133. The van der Waals surface area contributed by atoms with Gasteiger partial charge in [-0.05, 0) is 42.8 Å². The molecule has 0 radical (unpaired) electrons. The third kappa shape index (κ3) is 3.33. The van der Waals surface area contributed by atoms with Crippen molar-refractivity contribution in [3.05, 3.63) is 64.2 Å².